The number of hydrogen-bond acceptors (Lipinski definition) is 5. The molecule has 0 unspecified atom stereocenters. The maximum Gasteiger partial charge on any atom is 0.251 e. The van der Waals surface area contributed by atoms with Gasteiger partial charge in [0, 0.05) is 21.4 Å². The van der Waals surface area contributed by atoms with Gasteiger partial charge in [0.05, 0.1) is 22.7 Å². The van der Waals surface area contributed by atoms with E-state index in [2.05, 4.69) is 15.5 Å². The molecule has 4 aromatic rings. The molecule has 9 heteroatoms. The van der Waals surface area contributed by atoms with Gasteiger partial charge in [-0.2, -0.15) is 5.10 Å². The van der Waals surface area contributed by atoms with Crippen LogP contribution in [-0.4, -0.2) is 24.5 Å². The lowest BCUT2D eigenvalue weighted by atomic mass is 10.1. The van der Waals surface area contributed by atoms with Crippen LogP contribution in [0.15, 0.2) is 64.9 Å². The Kier molecular flexibility index (Phi) is 4.71. The molecule has 0 aliphatic rings. The summed E-state index contributed by atoms with van der Waals surface area (Å²) in [7, 11) is -3.82. The number of sulfonamides is 1. The van der Waals surface area contributed by atoms with Crippen LogP contribution in [0.25, 0.3) is 22.2 Å². The Morgan fingerprint density at radius 3 is 2.75 bits per heavy atom. The van der Waals surface area contributed by atoms with E-state index in [0.29, 0.717) is 23.4 Å². The number of carbonyl (C=O) groups is 1. The molecule has 1 amide bonds. The number of nitrogens with two attached hydrogens (primary N) is 1. The Bertz CT molecular complexity index is 1260. The van der Waals surface area contributed by atoms with Crippen molar-refractivity contribution < 1.29 is 13.2 Å². The number of nitrogens with zero attached hydrogens (tertiary/aromatic N) is 1. The first kappa shape index (κ1) is 18.4. The summed E-state index contributed by atoms with van der Waals surface area (Å²) in [4.78, 5) is 13.6. The van der Waals surface area contributed by atoms with E-state index in [1.807, 2.05) is 17.5 Å². The van der Waals surface area contributed by atoms with Crippen molar-refractivity contribution >= 4 is 38.2 Å². The highest BCUT2D eigenvalue weighted by atomic mass is 32.2. The molecule has 0 spiro atoms. The normalized spacial score (nSPS) is 11.6. The fourth-order valence-electron chi connectivity index (χ4n) is 2.88. The zero-order chi connectivity index (χ0) is 19.7. The van der Waals surface area contributed by atoms with Gasteiger partial charge in [-0.05, 0) is 41.8 Å². The van der Waals surface area contributed by atoms with Crippen LogP contribution in [0.3, 0.4) is 0 Å². The van der Waals surface area contributed by atoms with Gasteiger partial charge >= 0.3 is 0 Å². The molecule has 2 aromatic heterocycles. The molecule has 0 radical (unpaired) electrons. The van der Waals surface area contributed by atoms with Gasteiger partial charge in [-0.15, -0.1) is 11.3 Å². The number of fused-ring (bicyclic) bond motifs is 1. The van der Waals surface area contributed by atoms with Crippen LogP contribution in [0, 0.1) is 0 Å². The Morgan fingerprint density at radius 2 is 2.00 bits per heavy atom. The Balaban J connectivity index is 1.68. The van der Waals surface area contributed by atoms with Crippen molar-refractivity contribution in [1.82, 2.24) is 15.5 Å². The maximum absolute atomic E-state index is 12.5. The van der Waals surface area contributed by atoms with E-state index >= 15 is 0 Å². The second-order valence-electron chi connectivity index (χ2n) is 6.17. The van der Waals surface area contributed by atoms with Crippen LogP contribution in [0.4, 0.5) is 0 Å². The van der Waals surface area contributed by atoms with Gasteiger partial charge in [-0.25, -0.2) is 13.6 Å². The average molecular weight is 412 g/mol. The number of hydrogen-bond donors (Lipinski definition) is 3. The summed E-state index contributed by atoms with van der Waals surface area (Å²) in [5, 5.41) is 18.0. The number of rotatable bonds is 5. The van der Waals surface area contributed by atoms with Gasteiger partial charge in [0.15, 0.2) is 0 Å². The summed E-state index contributed by atoms with van der Waals surface area (Å²) in [5.41, 5.74) is 2.38. The van der Waals surface area contributed by atoms with E-state index in [4.69, 9.17) is 5.14 Å². The molecular weight excluding hydrogens is 396 g/mol. The molecular formula is C19H16N4O3S2. The summed E-state index contributed by atoms with van der Waals surface area (Å²) in [6, 6.07) is 15.4. The number of benzene rings is 2. The van der Waals surface area contributed by atoms with E-state index in [-0.39, 0.29) is 10.8 Å². The lowest BCUT2D eigenvalue weighted by Gasteiger charge is -2.05. The standard InChI is InChI=1S/C19H16N4O3S2/c20-28(25,26)15-5-1-3-12(9-15)18-16-10-13(6-7-17(16)22-23-18)19(24)21-11-14-4-2-8-27-14/h1-10H,11H2,(H,21,24)(H,22,23)(H2,20,25,26). The fourth-order valence-corrected chi connectivity index (χ4v) is 4.08. The van der Waals surface area contributed by atoms with Crippen molar-refractivity contribution in [3.63, 3.8) is 0 Å². The van der Waals surface area contributed by atoms with E-state index in [1.54, 1.807) is 41.7 Å². The number of aromatic amines is 1. The molecule has 0 atom stereocenters. The molecule has 0 aliphatic carbocycles. The molecule has 0 bridgehead atoms. The molecule has 4 rings (SSSR count). The molecule has 28 heavy (non-hydrogen) atoms. The predicted octanol–water partition coefficient (Wildman–Crippen LogP) is 2.87. The second-order valence-corrected chi connectivity index (χ2v) is 8.76. The maximum atomic E-state index is 12.5. The van der Waals surface area contributed by atoms with Gasteiger partial charge < -0.3 is 5.32 Å². The molecule has 4 N–H and O–H groups in total. The second kappa shape index (κ2) is 7.19. The number of H-pyrrole nitrogens is 1. The van der Waals surface area contributed by atoms with Crippen LogP contribution < -0.4 is 10.5 Å². The fraction of sp³-hybridized carbons (Fsp3) is 0.0526. The quantitative estimate of drug-likeness (QED) is 0.467. The molecule has 0 aliphatic heterocycles. The van der Waals surface area contributed by atoms with E-state index in [1.165, 1.54) is 12.1 Å². The van der Waals surface area contributed by atoms with Crippen molar-refractivity contribution in [2.75, 3.05) is 0 Å². The Morgan fingerprint density at radius 1 is 1.14 bits per heavy atom. The lowest BCUT2D eigenvalue weighted by molar-refractivity contribution is 0.0951. The van der Waals surface area contributed by atoms with E-state index < -0.39 is 10.0 Å². The number of thiophene rings is 1. The topological polar surface area (TPSA) is 118 Å². The Labute approximate surface area is 165 Å². The predicted molar refractivity (Wildman–Crippen MR) is 108 cm³/mol. The first-order chi connectivity index (χ1) is 13.4. The summed E-state index contributed by atoms with van der Waals surface area (Å²) >= 11 is 1.58. The first-order valence-corrected chi connectivity index (χ1v) is 10.8. The van der Waals surface area contributed by atoms with Crippen molar-refractivity contribution in [3.8, 4) is 11.3 Å². The molecule has 0 fully saturated rings. The van der Waals surface area contributed by atoms with Crippen LogP contribution in [0.2, 0.25) is 0 Å². The summed E-state index contributed by atoms with van der Waals surface area (Å²) in [6.45, 7) is 0.461. The van der Waals surface area contributed by atoms with Gasteiger partial charge in [0.2, 0.25) is 10.0 Å². The minimum Gasteiger partial charge on any atom is -0.347 e. The van der Waals surface area contributed by atoms with Gasteiger partial charge in [0.25, 0.3) is 5.91 Å². The molecule has 7 nitrogen and oxygen atoms in total. The smallest absolute Gasteiger partial charge is 0.251 e. The van der Waals surface area contributed by atoms with E-state index in [0.717, 1.165) is 15.8 Å². The van der Waals surface area contributed by atoms with Crippen molar-refractivity contribution in [2.24, 2.45) is 5.14 Å². The SMILES string of the molecule is NS(=O)(=O)c1cccc(-c2n[nH]c3ccc(C(=O)NCc4cccs4)cc23)c1. The summed E-state index contributed by atoms with van der Waals surface area (Å²) in [6.07, 6.45) is 0. The van der Waals surface area contributed by atoms with Crippen molar-refractivity contribution in [2.45, 2.75) is 11.4 Å². The zero-order valence-electron chi connectivity index (χ0n) is 14.5. The number of carbonyl (C=O) groups excluding carboxylic acids is 1. The first-order valence-electron chi connectivity index (χ1n) is 8.34. The third-order valence-corrected chi connectivity index (χ3v) is 6.05. The highest BCUT2D eigenvalue weighted by Crippen LogP contribution is 2.28. The van der Waals surface area contributed by atoms with Crippen LogP contribution in [-0.2, 0) is 16.6 Å². The minimum atomic E-state index is -3.82. The van der Waals surface area contributed by atoms with Crippen LogP contribution in [0.1, 0.15) is 15.2 Å². The molecule has 0 saturated carbocycles. The lowest BCUT2D eigenvalue weighted by Crippen LogP contribution is -2.22. The molecule has 2 heterocycles. The van der Waals surface area contributed by atoms with Gasteiger partial charge in [-0.3, -0.25) is 9.89 Å². The number of aromatic nitrogens is 2. The third-order valence-electron chi connectivity index (χ3n) is 4.26. The Hall–Kier alpha value is -3.01. The molecule has 142 valence electrons. The molecule has 2 aromatic carbocycles. The molecule has 0 saturated heterocycles. The van der Waals surface area contributed by atoms with Gasteiger partial charge in [-0.1, -0.05) is 18.2 Å². The summed E-state index contributed by atoms with van der Waals surface area (Å²) in [5.74, 6) is -0.194. The minimum absolute atomic E-state index is 0.00555. The number of primary sulfonamides is 1. The monoisotopic (exact) mass is 412 g/mol. The van der Waals surface area contributed by atoms with Crippen molar-refractivity contribution in [3.05, 3.63) is 70.4 Å². The van der Waals surface area contributed by atoms with Crippen LogP contribution in [0.5, 0.6) is 0 Å². The third kappa shape index (κ3) is 3.68. The average Bonchev–Trinajstić information content (AvgIpc) is 3.34. The number of amides is 1. The van der Waals surface area contributed by atoms with E-state index in [9.17, 15) is 13.2 Å². The highest BCUT2D eigenvalue weighted by Gasteiger charge is 2.15. The largest absolute Gasteiger partial charge is 0.347 e. The summed E-state index contributed by atoms with van der Waals surface area (Å²) < 4.78 is 23.3. The number of nitrogens with one attached hydrogen (secondary N) is 2. The zero-order valence-corrected chi connectivity index (χ0v) is 16.2. The van der Waals surface area contributed by atoms with Crippen LogP contribution >= 0.6 is 11.3 Å². The van der Waals surface area contributed by atoms with Crippen molar-refractivity contribution in [1.29, 1.82) is 0 Å². The van der Waals surface area contributed by atoms with Gasteiger partial charge in [0.1, 0.15) is 0 Å². The highest BCUT2D eigenvalue weighted by molar-refractivity contribution is 7.89.